The van der Waals surface area contributed by atoms with E-state index >= 15 is 0 Å². The molecule has 0 spiro atoms. The molecule has 1 aromatic carbocycles. The highest BCUT2D eigenvalue weighted by Crippen LogP contribution is 2.38. The van der Waals surface area contributed by atoms with Crippen LogP contribution in [0.5, 0.6) is 0 Å². The van der Waals surface area contributed by atoms with Crippen LogP contribution in [-0.2, 0) is 19.4 Å². The van der Waals surface area contributed by atoms with Gasteiger partial charge in [0, 0.05) is 31.6 Å². The summed E-state index contributed by atoms with van der Waals surface area (Å²) in [6.07, 6.45) is 6.67. The number of halogens is 1. The molecule has 0 radical (unpaired) electrons. The van der Waals surface area contributed by atoms with Crippen molar-refractivity contribution in [2.45, 2.75) is 91.6 Å². The highest BCUT2D eigenvalue weighted by atomic mass is 35.5. The van der Waals surface area contributed by atoms with Crippen LogP contribution in [0, 0.1) is 11.3 Å². The van der Waals surface area contributed by atoms with E-state index in [2.05, 4.69) is 16.3 Å². The molecule has 4 aliphatic rings. The van der Waals surface area contributed by atoms with Crippen LogP contribution in [0.4, 0.5) is 0 Å². The van der Waals surface area contributed by atoms with Crippen molar-refractivity contribution in [2.24, 2.45) is 0 Å². The van der Waals surface area contributed by atoms with Gasteiger partial charge in [0.05, 0.1) is 27.3 Å². The number of hydrogen-bond acceptors (Lipinski definition) is 6. The average molecular weight is 519 g/mol. The Labute approximate surface area is 211 Å². The monoisotopic (exact) mass is 518 g/mol. The molecule has 2 heterocycles. The van der Waals surface area contributed by atoms with Crippen molar-refractivity contribution in [3.63, 3.8) is 0 Å². The SMILES string of the molecule is N#CC1(NC(=O)C[C@H]2C[C@@H](S(=O)(=O)c3ccccc3Cl)CN2C(=O)C2CCN2C2CCCC2)CC1. The van der Waals surface area contributed by atoms with Crippen molar-refractivity contribution in [1.82, 2.24) is 15.1 Å². The van der Waals surface area contributed by atoms with Gasteiger partial charge in [0.2, 0.25) is 11.8 Å². The number of amides is 2. The zero-order valence-corrected chi connectivity index (χ0v) is 21.2. The molecule has 0 bridgehead atoms. The summed E-state index contributed by atoms with van der Waals surface area (Å²) in [7, 11) is -3.80. The number of carbonyl (C=O) groups is 2. The first kappa shape index (κ1) is 24.5. The lowest BCUT2D eigenvalue weighted by Crippen LogP contribution is -2.60. The summed E-state index contributed by atoms with van der Waals surface area (Å²) in [5, 5.41) is 11.4. The number of rotatable bonds is 7. The fraction of sp³-hybridized carbons (Fsp3) is 0.640. The molecule has 3 atom stereocenters. The third-order valence-corrected chi connectivity index (χ3v) is 10.8. The van der Waals surface area contributed by atoms with Gasteiger partial charge in [0.1, 0.15) is 5.54 Å². The summed E-state index contributed by atoms with van der Waals surface area (Å²) in [5.74, 6) is -0.400. The number of likely N-dealkylation sites (tertiary alicyclic amines) is 2. The van der Waals surface area contributed by atoms with Crippen molar-refractivity contribution in [2.75, 3.05) is 13.1 Å². The molecule has 2 amide bonds. The summed E-state index contributed by atoms with van der Waals surface area (Å²) in [4.78, 5) is 30.4. The van der Waals surface area contributed by atoms with Gasteiger partial charge in [-0.15, -0.1) is 0 Å². The van der Waals surface area contributed by atoms with Gasteiger partial charge in [-0.2, -0.15) is 5.26 Å². The number of carbonyl (C=O) groups excluding carboxylic acids is 2. The fourth-order valence-corrected chi connectivity index (χ4v) is 8.13. The third-order valence-electron chi connectivity index (χ3n) is 8.14. The van der Waals surface area contributed by atoms with E-state index < -0.39 is 26.7 Å². The van der Waals surface area contributed by atoms with Crippen molar-refractivity contribution in [1.29, 1.82) is 5.26 Å². The highest BCUT2D eigenvalue weighted by Gasteiger charge is 2.50. The van der Waals surface area contributed by atoms with E-state index in [1.54, 1.807) is 23.1 Å². The molecule has 2 saturated heterocycles. The van der Waals surface area contributed by atoms with E-state index in [1.165, 1.54) is 18.9 Å². The fourth-order valence-electron chi connectivity index (χ4n) is 5.88. The van der Waals surface area contributed by atoms with Crippen LogP contribution in [-0.4, -0.2) is 72.0 Å². The molecule has 2 aliphatic carbocycles. The van der Waals surface area contributed by atoms with Crippen LogP contribution in [0.1, 0.15) is 57.8 Å². The maximum Gasteiger partial charge on any atom is 0.240 e. The molecule has 35 heavy (non-hydrogen) atoms. The van der Waals surface area contributed by atoms with E-state index in [9.17, 15) is 23.3 Å². The van der Waals surface area contributed by atoms with Crippen molar-refractivity contribution in [3.05, 3.63) is 29.3 Å². The standard InChI is InChI=1S/C25H31ClN4O4S/c26-20-7-3-4-8-22(20)35(33,34)19-13-18(14-23(31)28-25(16-27)10-11-25)30(15-19)24(32)21-9-12-29(21)17-5-1-2-6-17/h3-4,7-8,17-19,21H,1-2,5-6,9-15H2,(H,28,31)/t18-,19-,21?/m1/s1. The van der Waals surface area contributed by atoms with Gasteiger partial charge < -0.3 is 10.2 Å². The maximum atomic E-state index is 13.7. The van der Waals surface area contributed by atoms with Gasteiger partial charge in [0.15, 0.2) is 9.84 Å². The minimum Gasteiger partial charge on any atom is -0.338 e. The van der Waals surface area contributed by atoms with E-state index in [4.69, 9.17) is 11.6 Å². The number of sulfone groups is 1. The van der Waals surface area contributed by atoms with E-state index in [1.807, 2.05) is 0 Å². The Kier molecular flexibility index (Phi) is 6.58. The Morgan fingerprint density at radius 3 is 2.49 bits per heavy atom. The second-order valence-corrected chi connectivity index (χ2v) is 13.0. The largest absolute Gasteiger partial charge is 0.338 e. The number of benzene rings is 1. The Morgan fingerprint density at radius 1 is 1.17 bits per heavy atom. The smallest absolute Gasteiger partial charge is 0.240 e. The van der Waals surface area contributed by atoms with Crippen molar-refractivity contribution >= 4 is 33.3 Å². The molecule has 1 N–H and O–H groups in total. The lowest BCUT2D eigenvalue weighted by atomic mass is 9.96. The predicted molar refractivity (Wildman–Crippen MR) is 130 cm³/mol. The Hall–Kier alpha value is -2.15. The molecule has 10 heteroatoms. The van der Waals surface area contributed by atoms with E-state index in [-0.39, 0.29) is 47.2 Å². The van der Waals surface area contributed by atoms with Crippen LogP contribution in [0.15, 0.2) is 29.2 Å². The average Bonchev–Trinajstić information content (AvgIpc) is 3.17. The quantitative estimate of drug-likeness (QED) is 0.594. The van der Waals surface area contributed by atoms with Gasteiger partial charge in [0.25, 0.3) is 0 Å². The molecule has 5 rings (SSSR count). The topological polar surface area (TPSA) is 111 Å². The zero-order chi connectivity index (χ0) is 24.8. The van der Waals surface area contributed by atoms with Crippen LogP contribution in [0.3, 0.4) is 0 Å². The lowest BCUT2D eigenvalue weighted by molar-refractivity contribution is -0.145. The molecule has 1 aromatic rings. The van der Waals surface area contributed by atoms with Crippen LogP contribution < -0.4 is 5.32 Å². The van der Waals surface area contributed by atoms with Crippen molar-refractivity contribution in [3.8, 4) is 6.07 Å². The first-order chi connectivity index (χ1) is 16.7. The van der Waals surface area contributed by atoms with Gasteiger partial charge >= 0.3 is 0 Å². The second-order valence-electron chi connectivity index (χ2n) is 10.4. The third kappa shape index (κ3) is 4.68. The molecule has 1 unspecified atom stereocenters. The Morgan fingerprint density at radius 2 is 1.89 bits per heavy atom. The van der Waals surface area contributed by atoms with Crippen LogP contribution >= 0.6 is 11.6 Å². The Bertz CT molecular complexity index is 1160. The number of hydrogen-bond donors (Lipinski definition) is 1. The normalized spacial score (nSPS) is 28.3. The predicted octanol–water partition coefficient (Wildman–Crippen LogP) is 2.66. The van der Waals surface area contributed by atoms with Gasteiger partial charge in [-0.1, -0.05) is 36.6 Å². The van der Waals surface area contributed by atoms with Gasteiger partial charge in [-0.25, -0.2) is 8.42 Å². The van der Waals surface area contributed by atoms with E-state index in [0.717, 1.165) is 25.8 Å². The molecule has 8 nitrogen and oxygen atoms in total. The van der Waals surface area contributed by atoms with Gasteiger partial charge in [-0.05, 0) is 50.7 Å². The first-order valence-corrected chi connectivity index (χ1v) is 14.4. The number of nitrogens with one attached hydrogen (secondary N) is 1. The molecule has 2 aliphatic heterocycles. The molecular weight excluding hydrogens is 488 g/mol. The summed E-state index contributed by atoms with van der Waals surface area (Å²) < 4.78 is 27.0. The second kappa shape index (κ2) is 9.38. The van der Waals surface area contributed by atoms with Gasteiger partial charge in [-0.3, -0.25) is 14.5 Å². The molecule has 188 valence electrons. The molecule has 2 saturated carbocycles. The van der Waals surface area contributed by atoms with Crippen LogP contribution in [0.25, 0.3) is 0 Å². The summed E-state index contributed by atoms with van der Waals surface area (Å²) in [5.41, 5.74) is -0.805. The summed E-state index contributed by atoms with van der Waals surface area (Å²) in [6.45, 7) is 0.925. The maximum absolute atomic E-state index is 13.7. The highest BCUT2D eigenvalue weighted by molar-refractivity contribution is 7.92. The minimum atomic E-state index is -3.80. The summed E-state index contributed by atoms with van der Waals surface area (Å²) in [6, 6.07) is 8.11. The zero-order valence-electron chi connectivity index (χ0n) is 19.7. The van der Waals surface area contributed by atoms with E-state index in [0.29, 0.717) is 18.9 Å². The lowest BCUT2D eigenvalue weighted by Gasteiger charge is -2.46. The molecule has 0 aromatic heterocycles. The minimum absolute atomic E-state index is 0.0140. The molecule has 4 fully saturated rings. The first-order valence-electron chi connectivity index (χ1n) is 12.5. The number of nitriles is 1. The Balaban J connectivity index is 1.36. The van der Waals surface area contributed by atoms with Crippen molar-refractivity contribution < 1.29 is 18.0 Å². The number of nitrogens with zero attached hydrogens (tertiary/aromatic N) is 3. The van der Waals surface area contributed by atoms with Crippen LogP contribution in [0.2, 0.25) is 5.02 Å². The molecular formula is C25H31ClN4O4S. The summed E-state index contributed by atoms with van der Waals surface area (Å²) >= 11 is 6.22.